The molecule has 7 heteroatoms. The van der Waals surface area contributed by atoms with Gasteiger partial charge in [0.25, 0.3) is 0 Å². The smallest absolute Gasteiger partial charge is 0.203 e. The summed E-state index contributed by atoms with van der Waals surface area (Å²) in [5.41, 5.74) is 3.93. The summed E-state index contributed by atoms with van der Waals surface area (Å²) in [7, 11) is 0. The summed E-state index contributed by atoms with van der Waals surface area (Å²) in [5, 5.41) is 10.3. The fraction of sp³-hybridized carbons (Fsp3) is 0.304. The van der Waals surface area contributed by atoms with Crippen molar-refractivity contribution in [2.75, 3.05) is 0 Å². The first-order valence-electron chi connectivity index (χ1n) is 9.92. The van der Waals surface area contributed by atoms with E-state index in [1.807, 2.05) is 36.5 Å². The van der Waals surface area contributed by atoms with Crippen LogP contribution < -0.4 is 0 Å². The molecule has 2 aromatic heterocycles. The van der Waals surface area contributed by atoms with E-state index >= 15 is 0 Å². The highest BCUT2D eigenvalue weighted by atomic mass is 127. The molecule has 0 aliphatic carbocycles. The monoisotopic (exact) mass is 529 g/mol. The Bertz CT molecular complexity index is 1200. The predicted molar refractivity (Wildman–Crippen MR) is 129 cm³/mol. The van der Waals surface area contributed by atoms with E-state index in [-0.39, 0.29) is 0 Å². The average molecular weight is 530 g/mol. The number of benzene rings is 1. The Labute approximate surface area is 194 Å². The van der Waals surface area contributed by atoms with E-state index in [9.17, 15) is 5.26 Å². The second-order valence-electron chi connectivity index (χ2n) is 7.46. The van der Waals surface area contributed by atoms with Gasteiger partial charge >= 0.3 is 0 Å². The number of hydrogen-bond donors (Lipinski definition) is 0. The molecule has 0 saturated carbocycles. The van der Waals surface area contributed by atoms with Gasteiger partial charge in [0.15, 0.2) is 5.65 Å². The number of nitriles is 1. The Morgan fingerprint density at radius 2 is 2.00 bits per heavy atom. The van der Waals surface area contributed by atoms with E-state index in [1.54, 1.807) is 6.21 Å². The molecular weight excluding hydrogens is 509 g/mol. The summed E-state index contributed by atoms with van der Waals surface area (Å²) in [6.45, 7) is 4.94. The number of pyridine rings is 1. The van der Waals surface area contributed by atoms with Crippen molar-refractivity contribution in [3.63, 3.8) is 0 Å². The second-order valence-corrected chi connectivity index (χ2v) is 8.94. The SMILES string of the molecule is CCCCc1nc2c(C)ccnc2n1Cc1ccc(C2(C#N)N=CC(Cl)=C2I)cc1. The van der Waals surface area contributed by atoms with E-state index < -0.39 is 5.54 Å². The molecule has 30 heavy (non-hydrogen) atoms. The zero-order valence-corrected chi connectivity index (χ0v) is 19.8. The summed E-state index contributed by atoms with van der Waals surface area (Å²) >= 11 is 8.30. The Morgan fingerprint density at radius 1 is 1.23 bits per heavy atom. The lowest BCUT2D eigenvalue weighted by Gasteiger charge is -2.19. The van der Waals surface area contributed by atoms with Crippen LogP contribution in [0.3, 0.4) is 0 Å². The number of aliphatic imine (C=N–C) groups is 1. The van der Waals surface area contributed by atoms with Crippen LogP contribution in [0.1, 0.15) is 42.3 Å². The van der Waals surface area contributed by atoms with Crippen molar-refractivity contribution in [1.29, 1.82) is 5.26 Å². The summed E-state index contributed by atoms with van der Waals surface area (Å²) < 4.78 is 2.94. The van der Waals surface area contributed by atoms with Crippen LogP contribution >= 0.6 is 34.2 Å². The molecule has 3 aromatic rings. The lowest BCUT2D eigenvalue weighted by Crippen LogP contribution is -2.19. The third-order valence-electron chi connectivity index (χ3n) is 5.44. The fourth-order valence-electron chi connectivity index (χ4n) is 3.69. The molecule has 0 amide bonds. The van der Waals surface area contributed by atoms with Gasteiger partial charge in [0.05, 0.1) is 15.2 Å². The molecule has 0 fully saturated rings. The average Bonchev–Trinajstić information content (AvgIpc) is 3.26. The summed E-state index contributed by atoms with van der Waals surface area (Å²) in [6.07, 6.45) is 6.55. The number of unbranched alkanes of at least 4 members (excludes halogenated alkanes) is 1. The molecule has 0 bridgehead atoms. The number of aromatic nitrogens is 3. The first-order valence-corrected chi connectivity index (χ1v) is 11.4. The van der Waals surface area contributed by atoms with E-state index in [4.69, 9.17) is 16.6 Å². The maximum Gasteiger partial charge on any atom is 0.203 e. The third-order valence-corrected chi connectivity index (χ3v) is 7.41. The lowest BCUT2D eigenvalue weighted by atomic mass is 9.92. The van der Waals surface area contributed by atoms with Gasteiger partial charge < -0.3 is 4.57 Å². The molecule has 4 rings (SSSR count). The molecule has 152 valence electrons. The highest BCUT2D eigenvalue weighted by Crippen LogP contribution is 2.43. The van der Waals surface area contributed by atoms with E-state index in [0.29, 0.717) is 11.6 Å². The zero-order chi connectivity index (χ0) is 21.3. The molecule has 1 aromatic carbocycles. The van der Waals surface area contributed by atoms with E-state index in [2.05, 4.69) is 57.1 Å². The van der Waals surface area contributed by atoms with Crippen LogP contribution in [0, 0.1) is 18.3 Å². The number of rotatable bonds is 6. The molecule has 0 radical (unpaired) electrons. The van der Waals surface area contributed by atoms with Gasteiger partial charge in [0.2, 0.25) is 5.54 Å². The van der Waals surface area contributed by atoms with Gasteiger partial charge in [0.1, 0.15) is 17.4 Å². The van der Waals surface area contributed by atoms with Crippen LogP contribution in [0.15, 0.2) is 50.1 Å². The number of imidazole rings is 1. The second kappa shape index (κ2) is 8.48. The van der Waals surface area contributed by atoms with Gasteiger partial charge in [-0.15, -0.1) is 0 Å². The van der Waals surface area contributed by atoms with Crippen LogP contribution in [0.4, 0.5) is 0 Å². The van der Waals surface area contributed by atoms with E-state index in [1.165, 1.54) is 0 Å². The van der Waals surface area contributed by atoms with Crippen molar-refractivity contribution in [3.05, 3.63) is 67.7 Å². The summed E-state index contributed by atoms with van der Waals surface area (Å²) in [4.78, 5) is 13.9. The number of aryl methyl sites for hydroxylation is 2. The Balaban J connectivity index is 1.69. The molecule has 0 saturated heterocycles. The molecule has 5 nitrogen and oxygen atoms in total. The molecular formula is C23H21ClIN5. The van der Waals surface area contributed by atoms with Crippen molar-refractivity contribution < 1.29 is 0 Å². The van der Waals surface area contributed by atoms with Crippen LogP contribution in [0.2, 0.25) is 0 Å². The largest absolute Gasteiger partial charge is 0.308 e. The molecule has 1 aliphatic heterocycles. The first-order chi connectivity index (χ1) is 14.5. The van der Waals surface area contributed by atoms with Crippen molar-refractivity contribution in [2.24, 2.45) is 4.99 Å². The van der Waals surface area contributed by atoms with Crippen LogP contribution in [-0.4, -0.2) is 20.7 Å². The van der Waals surface area contributed by atoms with E-state index in [0.717, 1.165) is 56.5 Å². The van der Waals surface area contributed by atoms with Gasteiger partial charge in [-0.3, -0.25) is 4.99 Å². The zero-order valence-electron chi connectivity index (χ0n) is 16.9. The highest BCUT2D eigenvalue weighted by Gasteiger charge is 2.39. The third kappa shape index (κ3) is 3.54. The molecule has 1 atom stereocenters. The molecule has 1 unspecified atom stereocenters. The Morgan fingerprint density at radius 3 is 2.63 bits per heavy atom. The number of hydrogen-bond acceptors (Lipinski definition) is 4. The van der Waals surface area contributed by atoms with Gasteiger partial charge in [0, 0.05) is 18.8 Å². The van der Waals surface area contributed by atoms with Crippen LogP contribution in [0.25, 0.3) is 11.2 Å². The minimum Gasteiger partial charge on any atom is -0.308 e. The van der Waals surface area contributed by atoms with Crippen molar-refractivity contribution >= 4 is 51.6 Å². The number of fused-ring (bicyclic) bond motifs is 1. The molecule has 0 spiro atoms. The predicted octanol–water partition coefficient (Wildman–Crippen LogP) is 5.82. The first kappa shape index (κ1) is 21.0. The maximum absolute atomic E-state index is 9.82. The fourth-order valence-corrected chi connectivity index (χ4v) is 4.59. The van der Waals surface area contributed by atoms with Crippen molar-refractivity contribution in [1.82, 2.24) is 14.5 Å². The molecule has 0 N–H and O–H groups in total. The minimum atomic E-state index is -1.04. The van der Waals surface area contributed by atoms with Crippen LogP contribution in [0.5, 0.6) is 0 Å². The highest BCUT2D eigenvalue weighted by molar-refractivity contribution is 14.1. The quantitative estimate of drug-likeness (QED) is 0.378. The standard InChI is InChI=1S/C23H21ClIN5/c1-3-4-5-19-29-20-15(2)10-11-27-22(20)30(19)13-16-6-8-17(9-7-16)23(14-26)21(25)18(24)12-28-23/h6-12H,3-5,13H2,1-2H3. The Kier molecular flexibility index (Phi) is 5.94. The number of allylic oxidation sites excluding steroid dienone is 1. The van der Waals surface area contributed by atoms with Crippen molar-refractivity contribution in [3.8, 4) is 6.07 Å². The van der Waals surface area contributed by atoms with Gasteiger partial charge in [-0.05, 0) is 58.7 Å². The number of nitrogens with zero attached hydrogens (tertiary/aromatic N) is 5. The van der Waals surface area contributed by atoms with Crippen LogP contribution in [-0.2, 0) is 18.5 Å². The topological polar surface area (TPSA) is 66.9 Å². The number of halogens is 2. The molecule has 3 heterocycles. The van der Waals surface area contributed by atoms with Gasteiger partial charge in [-0.1, -0.05) is 49.2 Å². The summed E-state index contributed by atoms with van der Waals surface area (Å²) in [6, 6.07) is 12.4. The Hall–Kier alpha value is -2.24. The summed E-state index contributed by atoms with van der Waals surface area (Å²) in [5.74, 6) is 1.07. The minimum absolute atomic E-state index is 0.521. The lowest BCUT2D eigenvalue weighted by molar-refractivity contribution is 0.685. The normalized spacial score (nSPS) is 18.4. The van der Waals surface area contributed by atoms with Gasteiger partial charge in [-0.25, -0.2) is 9.97 Å². The molecule has 1 aliphatic rings. The maximum atomic E-state index is 9.82. The van der Waals surface area contributed by atoms with Crippen molar-refractivity contribution in [2.45, 2.75) is 45.2 Å². The van der Waals surface area contributed by atoms with Gasteiger partial charge in [-0.2, -0.15) is 5.26 Å².